The number of phenolic OH excluding ortho intramolecular Hbond substituents is 1. The van der Waals surface area contributed by atoms with Crippen LogP contribution in [0.5, 0.6) is 23.0 Å². The Balaban J connectivity index is 1.23. The molecule has 1 fully saturated rings. The van der Waals surface area contributed by atoms with Crippen LogP contribution >= 0.6 is 11.6 Å². The van der Waals surface area contributed by atoms with Crippen molar-refractivity contribution in [3.8, 4) is 23.0 Å². The molecule has 60 heavy (non-hydrogen) atoms. The van der Waals surface area contributed by atoms with Crippen molar-refractivity contribution < 1.29 is 62.9 Å². The van der Waals surface area contributed by atoms with Gasteiger partial charge < -0.3 is 64.4 Å². The van der Waals surface area contributed by atoms with Crippen molar-refractivity contribution in [3.63, 3.8) is 0 Å². The van der Waals surface area contributed by atoms with E-state index in [2.05, 4.69) is 11.9 Å². The average molecular weight is 846 g/mol. The largest absolute Gasteiger partial charge is 0.504 e. The SMILES string of the molecule is C=C1Oc2cc(OC)cc(C(=O)O[C@H]3COC(=O)C[C@H](N)c4cc(O)c(c(Cl)c4)O[C@@H]4c5ccc3cc5C3=CC=C[C@@]34O[C@@H]3OC(C)(C)[C@@H](N(C)C)[C@H](O)C3O)c2NC1=O. The number of hydrogen-bond donors (Lipinski definition) is 5. The number of benzene rings is 3. The van der Waals surface area contributed by atoms with Gasteiger partial charge in [0.2, 0.25) is 0 Å². The molecule has 0 spiro atoms. The van der Waals surface area contributed by atoms with E-state index in [-0.39, 0.29) is 51.5 Å². The van der Waals surface area contributed by atoms with E-state index in [1.807, 2.05) is 0 Å². The molecule has 3 aromatic rings. The summed E-state index contributed by atoms with van der Waals surface area (Å²) in [7, 11) is 4.94. The summed E-state index contributed by atoms with van der Waals surface area (Å²) in [6.07, 6.45) is -1.61. The Morgan fingerprint density at radius 2 is 1.85 bits per heavy atom. The monoisotopic (exact) mass is 845 g/mol. The average Bonchev–Trinajstić information content (AvgIpc) is 3.70. The number of phenols is 1. The van der Waals surface area contributed by atoms with Crippen LogP contribution in [0.25, 0.3) is 5.57 Å². The molecular weight excluding hydrogens is 802 g/mol. The Morgan fingerprint density at radius 1 is 1.08 bits per heavy atom. The third-order valence-corrected chi connectivity index (χ3v) is 11.7. The second-order valence-corrected chi connectivity index (χ2v) is 16.3. The summed E-state index contributed by atoms with van der Waals surface area (Å²) < 4.78 is 42.6. The van der Waals surface area contributed by atoms with Gasteiger partial charge in [0.05, 0.1) is 41.4 Å². The quantitative estimate of drug-likeness (QED) is 0.172. The number of aliphatic hydroxyl groups is 2. The van der Waals surface area contributed by atoms with Crippen molar-refractivity contribution >= 4 is 40.7 Å². The maximum atomic E-state index is 14.1. The first-order valence-electron chi connectivity index (χ1n) is 19.1. The molecule has 1 unspecified atom stereocenters. The Kier molecular flexibility index (Phi) is 10.5. The zero-order chi connectivity index (χ0) is 43.0. The van der Waals surface area contributed by atoms with Crippen LogP contribution in [0, 0.1) is 0 Å². The molecule has 8 aliphatic rings. The maximum absolute atomic E-state index is 14.1. The van der Waals surface area contributed by atoms with Gasteiger partial charge in [0.25, 0.3) is 5.91 Å². The van der Waals surface area contributed by atoms with E-state index in [0.717, 1.165) is 0 Å². The minimum Gasteiger partial charge on any atom is -0.504 e. The summed E-state index contributed by atoms with van der Waals surface area (Å²) >= 11 is 6.77. The normalized spacial score (nSPS) is 28.9. The number of likely N-dealkylation sites (N-methyl/N-ethyl adjacent to an activating group) is 1. The minimum absolute atomic E-state index is 0.00872. The van der Waals surface area contributed by atoms with Gasteiger partial charge in [-0.05, 0) is 80.5 Å². The van der Waals surface area contributed by atoms with E-state index in [1.54, 1.807) is 69.3 Å². The van der Waals surface area contributed by atoms with Crippen molar-refractivity contribution in [2.45, 2.75) is 74.3 Å². The number of esters is 2. The molecule has 1 amide bonds. The van der Waals surface area contributed by atoms with E-state index in [4.69, 9.17) is 50.5 Å². The summed E-state index contributed by atoms with van der Waals surface area (Å²) in [5, 5.41) is 36.9. The van der Waals surface area contributed by atoms with Crippen molar-refractivity contribution in [2.24, 2.45) is 5.73 Å². The van der Waals surface area contributed by atoms with Crippen LogP contribution in [0.4, 0.5) is 5.69 Å². The van der Waals surface area contributed by atoms with Crippen LogP contribution < -0.4 is 25.3 Å². The number of allylic oxidation sites excluding steroid dienone is 2. The first kappa shape index (κ1) is 41.3. The third kappa shape index (κ3) is 6.97. The van der Waals surface area contributed by atoms with E-state index in [1.165, 1.54) is 31.4 Å². The summed E-state index contributed by atoms with van der Waals surface area (Å²) in [4.78, 5) is 41.7. The fourth-order valence-electron chi connectivity index (χ4n) is 8.63. The number of nitrogens with zero attached hydrogens (tertiary/aromatic N) is 1. The number of halogens is 1. The van der Waals surface area contributed by atoms with Gasteiger partial charge >= 0.3 is 11.9 Å². The van der Waals surface area contributed by atoms with Gasteiger partial charge in [-0.1, -0.05) is 42.5 Å². The predicted octanol–water partition coefficient (Wildman–Crippen LogP) is 4.37. The van der Waals surface area contributed by atoms with Crippen LogP contribution in [-0.4, -0.2) is 102 Å². The van der Waals surface area contributed by atoms with Crippen molar-refractivity contribution in [1.29, 1.82) is 0 Å². The van der Waals surface area contributed by atoms with E-state index in [9.17, 15) is 29.7 Å². The molecule has 0 aromatic heterocycles. The van der Waals surface area contributed by atoms with E-state index < -0.39 is 78.4 Å². The van der Waals surface area contributed by atoms with Crippen LogP contribution in [0.1, 0.15) is 71.1 Å². The lowest BCUT2D eigenvalue weighted by Crippen LogP contribution is -2.67. The molecule has 0 radical (unpaired) electrons. The lowest BCUT2D eigenvalue weighted by atomic mass is 9.86. The molecule has 6 aliphatic heterocycles. The molecule has 11 rings (SSSR count). The lowest BCUT2D eigenvalue weighted by Gasteiger charge is -2.51. The fourth-order valence-corrected chi connectivity index (χ4v) is 8.90. The molecule has 17 heteroatoms. The van der Waals surface area contributed by atoms with Gasteiger partial charge in [-0.2, -0.15) is 0 Å². The highest BCUT2D eigenvalue weighted by Crippen LogP contribution is 2.58. The summed E-state index contributed by atoms with van der Waals surface area (Å²) in [5.74, 6) is -2.66. The molecule has 316 valence electrons. The Bertz CT molecular complexity index is 2360. The molecule has 0 saturated carbocycles. The molecule has 6 bridgehead atoms. The predicted molar refractivity (Wildman–Crippen MR) is 214 cm³/mol. The number of nitrogens with two attached hydrogens (primary N) is 1. The number of fused-ring (bicyclic) bond motifs is 2. The summed E-state index contributed by atoms with van der Waals surface area (Å²) in [6.45, 7) is 6.71. The van der Waals surface area contributed by atoms with Gasteiger partial charge in [-0.3, -0.25) is 9.59 Å². The Labute approximate surface area is 349 Å². The van der Waals surface area contributed by atoms with Crippen molar-refractivity contribution in [2.75, 3.05) is 33.1 Å². The standard InChI is InChI=1S/C43H44ClN3O13/c1-19-39(52)46-33-25(15-22(54-6)16-30(33)56-19)40(53)57-31-18-55-32(49)17-28(45)21-13-27(44)36(29(48)14-21)58-38-23-10-9-20(31)12-24(23)26-8-7-11-43(26,38)60-41-35(51)34(50)37(47(4)5)42(2,3)59-41/h7-16,28,31,34-35,37-38,41,48,50-51H,1,17-18,45H2,2-6H3,(H,46,52)/t28-,31-,34+,35?,37-,38+,41-,43+/m0/s1. The summed E-state index contributed by atoms with van der Waals surface area (Å²) in [6, 6.07) is 9.16. The molecule has 2 aliphatic carbocycles. The number of anilines is 1. The molecule has 6 heterocycles. The number of hydrogen-bond acceptors (Lipinski definition) is 15. The van der Waals surface area contributed by atoms with Crippen molar-refractivity contribution in [1.82, 2.24) is 4.90 Å². The Hall–Kier alpha value is -5.46. The molecule has 16 nitrogen and oxygen atoms in total. The highest BCUT2D eigenvalue weighted by atomic mass is 35.5. The fraction of sp³-hybridized carbons (Fsp3) is 0.372. The molecule has 6 N–H and O–H groups in total. The Morgan fingerprint density at radius 3 is 2.57 bits per heavy atom. The van der Waals surface area contributed by atoms with Crippen LogP contribution in [-0.2, 0) is 28.5 Å². The van der Waals surface area contributed by atoms with E-state index >= 15 is 0 Å². The summed E-state index contributed by atoms with van der Waals surface area (Å²) in [5.41, 5.74) is 6.07. The lowest BCUT2D eigenvalue weighted by molar-refractivity contribution is -0.329. The van der Waals surface area contributed by atoms with Crippen LogP contribution in [0.3, 0.4) is 0 Å². The molecule has 1 saturated heterocycles. The van der Waals surface area contributed by atoms with Crippen LogP contribution in [0.15, 0.2) is 73.0 Å². The number of methoxy groups -OCH3 is 1. The number of aliphatic hydroxyl groups excluding tert-OH is 2. The molecular formula is C43H44ClN3O13. The zero-order valence-corrected chi connectivity index (χ0v) is 34.0. The highest BCUT2D eigenvalue weighted by molar-refractivity contribution is 6.32. The zero-order valence-electron chi connectivity index (χ0n) is 33.3. The number of nitrogens with one attached hydrogen (secondary N) is 1. The molecule has 3 aromatic carbocycles. The second kappa shape index (κ2) is 15.2. The highest BCUT2D eigenvalue weighted by Gasteiger charge is 2.58. The maximum Gasteiger partial charge on any atom is 0.341 e. The number of amides is 1. The number of ether oxygens (including phenoxy) is 7. The second-order valence-electron chi connectivity index (χ2n) is 15.9. The smallest absolute Gasteiger partial charge is 0.341 e. The number of carbonyl (C=O) groups excluding carboxylic acids is 3. The third-order valence-electron chi connectivity index (χ3n) is 11.4. The van der Waals surface area contributed by atoms with Gasteiger partial charge in [-0.15, -0.1) is 0 Å². The topological polar surface area (TPSA) is 218 Å². The van der Waals surface area contributed by atoms with Crippen LogP contribution in [0.2, 0.25) is 5.02 Å². The number of rotatable bonds is 6. The van der Waals surface area contributed by atoms with Gasteiger partial charge in [0.1, 0.15) is 24.6 Å². The minimum atomic E-state index is -1.55. The van der Waals surface area contributed by atoms with Gasteiger partial charge in [0, 0.05) is 17.7 Å². The van der Waals surface area contributed by atoms with Crippen molar-refractivity contribution in [3.05, 3.63) is 106 Å². The first-order valence-corrected chi connectivity index (χ1v) is 19.4. The van der Waals surface area contributed by atoms with Gasteiger partial charge in [-0.25, -0.2) is 4.79 Å². The number of carbonyl (C=O) groups is 3. The molecule has 8 atom stereocenters. The van der Waals surface area contributed by atoms with E-state index in [0.29, 0.717) is 27.8 Å². The van der Waals surface area contributed by atoms with Gasteiger partial charge in [0.15, 0.2) is 47.1 Å². The first-order chi connectivity index (χ1) is 28.4. The number of aromatic hydroxyl groups is 1.